The van der Waals surface area contributed by atoms with E-state index in [4.69, 9.17) is 0 Å². The highest BCUT2D eigenvalue weighted by Gasteiger charge is 2.05. The van der Waals surface area contributed by atoms with Crippen molar-refractivity contribution in [3.8, 4) is 0 Å². The van der Waals surface area contributed by atoms with Crippen LogP contribution in [0.1, 0.15) is 10.4 Å². The van der Waals surface area contributed by atoms with Crippen LogP contribution in [0.4, 0.5) is 17.1 Å². The number of non-ortho nitro benzene ring substituents is 1. The van der Waals surface area contributed by atoms with Crippen molar-refractivity contribution >= 4 is 23.0 Å². The minimum atomic E-state index is -0.492. The van der Waals surface area contributed by atoms with Gasteiger partial charge < -0.3 is 4.74 Å². The summed E-state index contributed by atoms with van der Waals surface area (Å²) in [6, 6.07) is 12.2. The molecule has 0 atom stereocenters. The van der Waals surface area contributed by atoms with E-state index in [2.05, 4.69) is 20.5 Å². The van der Waals surface area contributed by atoms with E-state index in [9.17, 15) is 14.9 Å². The second-order valence-electron chi connectivity index (χ2n) is 4.16. The molecule has 1 N–H and O–H groups in total. The van der Waals surface area contributed by atoms with Crippen LogP contribution >= 0.6 is 0 Å². The lowest BCUT2D eigenvalue weighted by Gasteiger charge is -2.00. The van der Waals surface area contributed by atoms with Crippen LogP contribution in [0, 0.1) is 10.1 Å². The van der Waals surface area contributed by atoms with E-state index in [0.29, 0.717) is 16.9 Å². The van der Waals surface area contributed by atoms with Gasteiger partial charge in [-0.1, -0.05) is 11.3 Å². The quantitative estimate of drug-likeness (QED) is 0.393. The SMILES string of the molecule is COC(=O)c1ccc(N=NNc2cccc([N+](=O)[O-])c2)cc1. The average Bonchev–Trinajstić information content (AvgIpc) is 2.55. The topological polar surface area (TPSA) is 106 Å². The van der Waals surface area contributed by atoms with Gasteiger partial charge >= 0.3 is 5.97 Å². The van der Waals surface area contributed by atoms with Crippen LogP contribution < -0.4 is 5.43 Å². The van der Waals surface area contributed by atoms with Gasteiger partial charge in [0.1, 0.15) is 0 Å². The second kappa shape index (κ2) is 6.93. The molecule has 8 nitrogen and oxygen atoms in total. The van der Waals surface area contributed by atoms with Gasteiger partial charge in [0, 0.05) is 12.1 Å². The normalized spacial score (nSPS) is 10.4. The van der Waals surface area contributed by atoms with Crippen LogP contribution in [0.5, 0.6) is 0 Å². The molecule has 0 saturated heterocycles. The highest BCUT2D eigenvalue weighted by Crippen LogP contribution is 2.18. The molecule has 2 aromatic rings. The van der Waals surface area contributed by atoms with Gasteiger partial charge in [0.15, 0.2) is 0 Å². The Kier molecular flexibility index (Phi) is 4.76. The van der Waals surface area contributed by atoms with E-state index in [-0.39, 0.29) is 5.69 Å². The first-order chi connectivity index (χ1) is 10.6. The third kappa shape index (κ3) is 3.85. The molecule has 0 aliphatic carbocycles. The summed E-state index contributed by atoms with van der Waals surface area (Å²) in [6.07, 6.45) is 0. The van der Waals surface area contributed by atoms with Gasteiger partial charge in [-0.2, -0.15) is 0 Å². The second-order valence-corrected chi connectivity index (χ2v) is 4.16. The summed E-state index contributed by atoms with van der Waals surface area (Å²) in [5.41, 5.74) is 3.94. The third-order valence-corrected chi connectivity index (χ3v) is 2.69. The number of nitrogens with zero attached hydrogens (tertiary/aromatic N) is 3. The largest absolute Gasteiger partial charge is 0.465 e. The maximum atomic E-state index is 11.3. The highest BCUT2D eigenvalue weighted by atomic mass is 16.6. The van der Waals surface area contributed by atoms with E-state index >= 15 is 0 Å². The number of ether oxygens (including phenoxy) is 1. The zero-order chi connectivity index (χ0) is 15.9. The van der Waals surface area contributed by atoms with E-state index in [1.807, 2.05) is 0 Å². The molecule has 0 amide bonds. The molecule has 112 valence electrons. The number of hydrogen-bond donors (Lipinski definition) is 1. The number of nitrogens with one attached hydrogen (secondary N) is 1. The van der Waals surface area contributed by atoms with Crippen molar-refractivity contribution in [1.29, 1.82) is 0 Å². The predicted molar refractivity (Wildman–Crippen MR) is 79.0 cm³/mol. The summed E-state index contributed by atoms with van der Waals surface area (Å²) in [4.78, 5) is 21.4. The Hall–Kier alpha value is -3.29. The number of rotatable bonds is 5. The third-order valence-electron chi connectivity index (χ3n) is 2.69. The first-order valence-corrected chi connectivity index (χ1v) is 6.20. The van der Waals surface area contributed by atoms with Gasteiger partial charge in [0.2, 0.25) is 0 Å². The van der Waals surface area contributed by atoms with Crippen molar-refractivity contribution in [3.63, 3.8) is 0 Å². The van der Waals surface area contributed by atoms with E-state index < -0.39 is 10.9 Å². The molecule has 0 radical (unpaired) electrons. The van der Waals surface area contributed by atoms with Crippen LogP contribution in [0.15, 0.2) is 58.9 Å². The monoisotopic (exact) mass is 300 g/mol. The molecular weight excluding hydrogens is 288 g/mol. The minimum absolute atomic E-state index is 0.0392. The zero-order valence-electron chi connectivity index (χ0n) is 11.6. The first-order valence-electron chi connectivity index (χ1n) is 6.20. The fourth-order valence-corrected chi connectivity index (χ4v) is 1.61. The molecule has 22 heavy (non-hydrogen) atoms. The summed E-state index contributed by atoms with van der Waals surface area (Å²) in [5, 5.41) is 18.3. The van der Waals surface area contributed by atoms with Gasteiger partial charge in [0.05, 0.1) is 29.0 Å². The zero-order valence-corrected chi connectivity index (χ0v) is 11.6. The fourth-order valence-electron chi connectivity index (χ4n) is 1.61. The van der Waals surface area contributed by atoms with E-state index in [1.165, 1.54) is 19.2 Å². The molecule has 0 unspecified atom stereocenters. The number of benzene rings is 2. The van der Waals surface area contributed by atoms with Gasteiger partial charge in [-0.15, -0.1) is 5.11 Å². The van der Waals surface area contributed by atoms with E-state index in [1.54, 1.807) is 36.4 Å². The number of carbonyl (C=O) groups is 1. The number of nitro benzene ring substituents is 1. The maximum absolute atomic E-state index is 11.3. The molecule has 2 aromatic carbocycles. The molecule has 0 bridgehead atoms. The number of methoxy groups -OCH3 is 1. The van der Waals surface area contributed by atoms with Crippen LogP contribution in [-0.2, 0) is 4.74 Å². The van der Waals surface area contributed by atoms with Crippen LogP contribution in [0.2, 0.25) is 0 Å². The molecule has 0 aromatic heterocycles. The van der Waals surface area contributed by atoms with Crippen molar-refractivity contribution in [1.82, 2.24) is 0 Å². The fraction of sp³-hybridized carbons (Fsp3) is 0.0714. The summed E-state index contributed by atoms with van der Waals surface area (Å²) < 4.78 is 4.59. The Labute approximate surface area is 125 Å². The number of anilines is 1. The number of nitro groups is 1. The lowest BCUT2D eigenvalue weighted by atomic mass is 10.2. The Morgan fingerprint density at radius 1 is 1.23 bits per heavy atom. The minimum Gasteiger partial charge on any atom is -0.465 e. The van der Waals surface area contributed by atoms with Gasteiger partial charge in [-0.25, -0.2) is 4.79 Å². The molecule has 0 aliphatic heterocycles. The van der Waals surface area contributed by atoms with Gasteiger partial charge in [-0.05, 0) is 30.3 Å². The molecule has 8 heteroatoms. The van der Waals surface area contributed by atoms with Crippen LogP contribution in [0.3, 0.4) is 0 Å². The lowest BCUT2D eigenvalue weighted by molar-refractivity contribution is -0.384. The number of esters is 1. The van der Waals surface area contributed by atoms with Crippen molar-refractivity contribution in [2.75, 3.05) is 12.5 Å². The standard InChI is InChI=1S/C14H12N4O4/c1-22-14(19)10-5-7-11(8-6-10)15-17-16-12-3-2-4-13(9-12)18(20)21/h2-9H,1H3,(H,15,16). The molecular formula is C14H12N4O4. The Morgan fingerprint density at radius 2 is 1.95 bits per heavy atom. The smallest absolute Gasteiger partial charge is 0.337 e. The summed E-state index contributed by atoms with van der Waals surface area (Å²) in [6.45, 7) is 0. The Bertz CT molecular complexity index is 713. The molecule has 0 fully saturated rings. The molecule has 0 heterocycles. The molecule has 0 spiro atoms. The van der Waals surface area contributed by atoms with Crippen LogP contribution in [-0.4, -0.2) is 18.0 Å². The number of carbonyl (C=O) groups excluding carboxylic acids is 1. The summed E-state index contributed by atoms with van der Waals surface area (Å²) in [5.74, 6) is -0.432. The average molecular weight is 300 g/mol. The van der Waals surface area contributed by atoms with Gasteiger partial charge in [-0.3, -0.25) is 15.5 Å². The van der Waals surface area contributed by atoms with Crippen molar-refractivity contribution in [3.05, 3.63) is 64.2 Å². The number of hydrogen-bond acceptors (Lipinski definition) is 6. The summed E-state index contributed by atoms with van der Waals surface area (Å²) in [7, 11) is 1.30. The Morgan fingerprint density at radius 3 is 2.59 bits per heavy atom. The van der Waals surface area contributed by atoms with Crippen LogP contribution in [0.25, 0.3) is 0 Å². The molecule has 2 rings (SSSR count). The van der Waals surface area contributed by atoms with E-state index in [0.717, 1.165) is 0 Å². The molecule has 0 saturated carbocycles. The highest BCUT2D eigenvalue weighted by molar-refractivity contribution is 5.89. The first kappa shape index (κ1) is 15.1. The maximum Gasteiger partial charge on any atom is 0.337 e. The summed E-state index contributed by atoms with van der Waals surface area (Å²) >= 11 is 0. The van der Waals surface area contributed by atoms with Crippen molar-refractivity contribution in [2.45, 2.75) is 0 Å². The molecule has 0 aliphatic rings. The van der Waals surface area contributed by atoms with Crippen molar-refractivity contribution < 1.29 is 14.5 Å². The lowest BCUT2D eigenvalue weighted by Crippen LogP contribution is -1.99. The predicted octanol–water partition coefficient (Wildman–Crippen LogP) is 3.49. The van der Waals surface area contributed by atoms with Gasteiger partial charge in [0.25, 0.3) is 5.69 Å². The van der Waals surface area contributed by atoms with Crippen molar-refractivity contribution in [2.24, 2.45) is 10.3 Å². The Balaban J connectivity index is 2.02.